The Hall–Kier alpha value is -4.15. The van der Waals surface area contributed by atoms with Gasteiger partial charge in [-0.15, -0.1) is 0 Å². The lowest BCUT2D eigenvalue weighted by Crippen LogP contribution is -2.16. The molecule has 35 heavy (non-hydrogen) atoms. The Labute approximate surface area is 200 Å². The van der Waals surface area contributed by atoms with Gasteiger partial charge in [0.2, 0.25) is 5.78 Å². The summed E-state index contributed by atoms with van der Waals surface area (Å²) in [7, 11) is 3.21. The third-order valence-electron chi connectivity index (χ3n) is 5.77. The van der Waals surface area contributed by atoms with Crippen LogP contribution in [0.4, 0.5) is 0 Å². The fourth-order valence-electron chi connectivity index (χ4n) is 4.08. The van der Waals surface area contributed by atoms with Crippen LogP contribution < -0.4 is 15.0 Å². The van der Waals surface area contributed by atoms with E-state index in [0.717, 1.165) is 16.8 Å². The van der Waals surface area contributed by atoms with Gasteiger partial charge in [0.15, 0.2) is 11.2 Å². The molecule has 3 heterocycles. The van der Waals surface area contributed by atoms with Crippen molar-refractivity contribution in [1.82, 2.24) is 23.5 Å². The molecular formula is C25H25N5O5. The van der Waals surface area contributed by atoms with Crippen molar-refractivity contribution in [2.75, 3.05) is 27.4 Å². The molecule has 0 bridgehead atoms. The molecule has 0 saturated heterocycles. The summed E-state index contributed by atoms with van der Waals surface area (Å²) in [4.78, 5) is 22.6. The second-order valence-electron chi connectivity index (χ2n) is 7.89. The van der Waals surface area contributed by atoms with E-state index >= 15 is 0 Å². The monoisotopic (exact) mass is 475 g/mol. The summed E-state index contributed by atoms with van der Waals surface area (Å²) in [6, 6.07) is 15.5. The van der Waals surface area contributed by atoms with Crippen LogP contribution in [-0.4, -0.2) is 56.0 Å². The molecule has 0 fully saturated rings. The quantitative estimate of drug-likeness (QED) is 0.327. The van der Waals surface area contributed by atoms with Crippen LogP contribution in [0.2, 0.25) is 0 Å². The summed E-state index contributed by atoms with van der Waals surface area (Å²) in [6.45, 7) is 0.666. The van der Waals surface area contributed by atoms with Crippen molar-refractivity contribution in [3.05, 3.63) is 77.0 Å². The molecule has 0 aliphatic carbocycles. The Balaban J connectivity index is 1.77. The predicted molar refractivity (Wildman–Crippen MR) is 130 cm³/mol. The molecule has 2 aromatic carbocycles. The van der Waals surface area contributed by atoms with E-state index in [1.807, 2.05) is 53.1 Å². The molecule has 10 nitrogen and oxygen atoms in total. The first-order valence-electron chi connectivity index (χ1n) is 11.1. The van der Waals surface area contributed by atoms with E-state index in [-0.39, 0.29) is 31.0 Å². The fraction of sp³-hybridized carbons (Fsp3) is 0.240. The van der Waals surface area contributed by atoms with Gasteiger partial charge >= 0.3 is 0 Å². The Morgan fingerprint density at radius 2 is 1.89 bits per heavy atom. The number of benzene rings is 2. The molecule has 0 saturated carbocycles. The Bertz CT molecular complexity index is 1540. The van der Waals surface area contributed by atoms with E-state index in [1.165, 1.54) is 10.7 Å². The summed E-state index contributed by atoms with van der Waals surface area (Å²) in [6.07, 6.45) is 3.27. The van der Waals surface area contributed by atoms with Crippen molar-refractivity contribution in [3.8, 4) is 22.8 Å². The standard InChI is InChI=1S/C25H25N5O5/c1-33-18-8-9-21(34-2)19(12-18)20-14-30-24(32)22-23(28(15-26-22)16-35-11-10-31)27-25(30)29(20)13-17-6-4-3-5-7-17/h3-9,12,14-15,31H,10-11,13,16H2,1-2H3. The third kappa shape index (κ3) is 4.13. The highest BCUT2D eigenvalue weighted by molar-refractivity contribution is 5.75. The van der Waals surface area contributed by atoms with E-state index in [2.05, 4.69) is 4.98 Å². The van der Waals surface area contributed by atoms with Crippen molar-refractivity contribution < 1.29 is 19.3 Å². The number of ether oxygens (including phenoxy) is 3. The van der Waals surface area contributed by atoms with E-state index < -0.39 is 0 Å². The number of imidazole rings is 2. The van der Waals surface area contributed by atoms with Crippen LogP contribution in [0.25, 0.3) is 28.2 Å². The Morgan fingerprint density at radius 1 is 1.06 bits per heavy atom. The molecule has 0 aliphatic heterocycles. The molecule has 0 aliphatic rings. The Morgan fingerprint density at radius 3 is 2.63 bits per heavy atom. The number of hydrogen-bond donors (Lipinski definition) is 1. The molecule has 0 atom stereocenters. The summed E-state index contributed by atoms with van der Waals surface area (Å²) >= 11 is 0. The van der Waals surface area contributed by atoms with Gasteiger partial charge in [0.25, 0.3) is 5.56 Å². The lowest BCUT2D eigenvalue weighted by atomic mass is 10.1. The zero-order valence-corrected chi connectivity index (χ0v) is 19.4. The summed E-state index contributed by atoms with van der Waals surface area (Å²) in [5.41, 5.74) is 2.90. The topological polar surface area (TPSA) is 105 Å². The lowest BCUT2D eigenvalue weighted by Gasteiger charge is -2.14. The maximum Gasteiger partial charge on any atom is 0.287 e. The van der Waals surface area contributed by atoms with Crippen LogP contribution in [0.1, 0.15) is 5.56 Å². The molecule has 1 N–H and O–H groups in total. The van der Waals surface area contributed by atoms with Crippen molar-refractivity contribution >= 4 is 16.9 Å². The zero-order valence-electron chi connectivity index (χ0n) is 19.4. The average molecular weight is 476 g/mol. The van der Waals surface area contributed by atoms with Crippen LogP contribution in [0.3, 0.4) is 0 Å². The summed E-state index contributed by atoms with van der Waals surface area (Å²) in [5, 5.41) is 9.02. The van der Waals surface area contributed by atoms with Gasteiger partial charge in [-0.25, -0.2) is 9.38 Å². The highest BCUT2D eigenvalue weighted by Crippen LogP contribution is 2.35. The fourth-order valence-corrected chi connectivity index (χ4v) is 4.08. The summed E-state index contributed by atoms with van der Waals surface area (Å²) in [5.74, 6) is 1.76. The minimum atomic E-state index is -0.291. The normalized spacial score (nSPS) is 11.4. The number of nitrogens with zero attached hydrogens (tertiary/aromatic N) is 5. The minimum Gasteiger partial charge on any atom is -0.497 e. The van der Waals surface area contributed by atoms with Crippen molar-refractivity contribution in [2.24, 2.45) is 0 Å². The third-order valence-corrected chi connectivity index (χ3v) is 5.77. The first-order chi connectivity index (χ1) is 17.1. The van der Waals surface area contributed by atoms with Gasteiger partial charge in [-0.1, -0.05) is 30.3 Å². The second-order valence-corrected chi connectivity index (χ2v) is 7.89. The number of rotatable bonds is 9. The number of methoxy groups -OCH3 is 2. The molecule has 0 radical (unpaired) electrons. The molecule has 0 unspecified atom stereocenters. The number of hydrogen-bond acceptors (Lipinski definition) is 7. The van der Waals surface area contributed by atoms with Gasteiger partial charge in [0.1, 0.15) is 18.2 Å². The van der Waals surface area contributed by atoms with Gasteiger partial charge in [-0.05, 0) is 23.8 Å². The van der Waals surface area contributed by atoms with Crippen LogP contribution >= 0.6 is 0 Å². The second kappa shape index (κ2) is 9.61. The number of aromatic nitrogens is 5. The minimum absolute atomic E-state index is 0.0986. The SMILES string of the molecule is COc1ccc(OC)c(-c2cn3c(=O)c4ncn(COCCO)c4nc3n2Cc2ccccc2)c1. The molecule has 5 aromatic rings. The predicted octanol–water partition coefficient (Wildman–Crippen LogP) is 2.54. The van der Waals surface area contributed by atoms with Crippen molar-refractivity contribution in [3.63, 3.8) is 0 Å². The van der Waals surface area contributed by atoms with Crippen molar-refractivity contribution in [2.45, 2.75) is 13.3 Å². The molecule has 3 aromatic heterocycles. The average Bonchev–Trinajstić information content (AvgIpc) is 3.47. The Kier molecular flexibility index (Phi) is 6.21. The smallest absolute Gasteiger partial charge is 0.287 e. The van der Waals surface area contributed by atoms with Gasteiger partial charge in [-0.3, -0.25) is 9.36 Å². The van der Waals surface area contributed by atoms with E-state index in [1.54, 1.807) is 25.0 Å². The van der Waals surface area contributed by atoms with Gasteiger partial charge in [0, 0.05) is 11.8 Å². The van der Waals surface area contributed by atoms with Crippen LogP contribution in [-0.2, 0) is 18.0 Å². The molecule has 180 valence electrons. The van der Waals surface area contributed by atoms with Crippen molar-refractivity contribution in [1.29, 1.82) is 0 Å². The van der Waals surface area contributed by atoms with Gasteiger partial charge in [0.05, 0.1) is 46.0 Å². The van der Waals surface area contributed by atoms with E-state index in [9.17, 15) is 4.79 Å². The molecule has 5 rings (SSSR count). The number of aliphatic hydroxyl groups excluding tert-OH is 1. The van der Waals surface area contributed by atoms with E-state index in [0.29, 0.717) is 29.5 Å². The lowest BCUT2D eigenvalue weighted by molar-refractivity contribution is 0.0499. The number of fused-ring (bicyclic) bond motifs is 2. The number of aliphatic hydroxyl groups is 1. The zero-order chi connectivity index (χ0) is 24.4. The summed E-state index contributed by atoms with van der Waals surface area (Å²) < 4.78 is 21.6. The maximum absolute atomic E-state index is 13.5. The molecular weight excluding hydrogens is 450 g/mol. The highest BCUT2D eigenvalue weighted by atomic mass is 16.5. The van der Waals surface area contributed by atoms with Crippen LogP contribution in [0.5, 0.6) is 11.5 Å². The molecule has 0 spiro atoms. The largest absolute Gasteiger partial charge is 0.497 e. The van der Waals surface area contributed by atoms with E-state index in [4.69, 9.17) is 24.3 Å². The van der Waals surface area contributed by atoms with Gasteiger partial charge < -0.3 is 23.9 Å². The highest BCUT2D eigenvalue weighted by Gasteiger charge is 2.21. The first-order valence-corrected chi connectivity index (χ1v) is 11.1. The van der Waals surface area contributed by atoms with Crippen LogP contribution in [0.15, 0.2) is 65.8 Å². The molecule has 0 amide bonds. The maximum atomic E-state index is 13.5. The molecule has 10 heteroatoms. The van der Waals surface area contributed by atoms with Gasteiger partial charge in [-0.2, -0.15) is 4.98 Å². The van der Waals surface area contributed by atoms with Crippen LogP contribution in [0, 0.1) is 0 Å². The first kappa shape index (κ1) is 22.6.